The number of amides is 1. The monoisotopic (exact) mass is 336 g/mol. The fraction of sp³-hybridized carbons (Fsp3) is 0.368. The maximum absolute atomic E-state index is 12.3. The summed E-state index contributed by atoms with van der Waals surface area (Å²) >= 11 is 0. The van der Waals surface area contributed by atoms with Crippen molar-refractivity contribution in [3.05, 3.63) is 47.6 Å². The van der Waals surface area contributed by atoms with Gasteiger partial charge in [-0.15, -0.1) is 4.98 Å². The standard InChI is InChI=1S/C19H20N4O2/c1-19(2,3)25-18(24)23-9-5-6-14(12-23)15-8-7-13-11-21-17(20-4)10-16(13)22-15/h6-8,10-11H,5,9,12H2,1-3H3. The summed E-state index contributed by atoms with van der Waals surface area (Å²) in [6.07, 6.45) is 4.21. The lowest BCUT2D eigenvalue weighted by molar-refractivity contribution is 0.0273. The van der Waals surface area contributed by atoms with Gasteiger partial charge in [-0.2, -0.15) is 0 Å². The van der Waals surface area contributed by atoms with Crippen molar-refractivity contribution in [2.75, 3.05) is 13.1 Å². The Morgan fingerprint density at radius 3 is 2.88 bits per heavy atom. The van der Waals surface area contributed by atoms with Crippen LogP contribution in [-0.2, 0) is 4.74 Å². The molecule has 0 bridgehead atoms. The topological polar surface area (TPSA) is 59.7 Å². The Balaban J connectivity index is 1.84. The van der Waals surface area contributed by atoms with Crippen molar-refractivity contribution >= 4 is 28.4 Å². The SMILES string of the molecule is [C-]#[N+]c1cc2nc(C3=CCCN(C(=O)OC(C)(C)C)C3)ccc2cn1. The van der Waals surface area contributed by atoms with Gasteiger partial charge in [0.1, 0.15) is 11.8 Å². The highest BCUT2D eigenvalue weighted by Gasteiger charge is 2.25. The zero-order valence-electron chi connectivity index (χ0n) is 14.6. The van der Waals surface area contributed by atoms with Gasteiger partial charge in [-0.3, -0.25) is 0 Å². The van der Waals surface area contributed by atoms with Crippen molar-refractivity contribution in [1.82, 2.24) is 14.9 Å². The van der Waals surface area contributed by atoms with Gasteiger partial charge in [-0.25, -0.2) is 9.78 Å². The van der Waals surface area contributed by atoms with Gasteiger partial charge in [-0.05, 0) is 51.0 Å². The Labute approximate surface area is 147 Å². The van der Waals surface area contributed by atoms with Crippen LogP contribution in [0.5, 0.6) is 0 Å². The van der Waals surface area contributed by atoms with Gasteiger partial charge in [0.25, 0.3) is 5.82 Å². The van der Waals surface area contributed by atoms with Crippen LogP contribution in [0.15, 0.2) is 30.5 Å². The molecule has 0 aromatic carbocycles. The normalized spacial score (nSPS) is 14.8. The molecule has 0 N–H and O–H groups in total. The van der Waals surface area contributed by atoms with E-state index in [9.17, 15) is 4.79 Å². The van der Waals surface area contributed by atoms with Gasteiger partial charge in [0.05, 0.1) is 17.8 Å². The summed E-state index contributed by atoms with van der Waals surface area (Å²) in [5.41, 5.74) is 2.01. The molecule has 3 heterocycles. The summed E-state index contributed by atoms with van der Waals surface area (Å²) in [6, 6.07) is 5.54. The molecule has 0 fully saturated rings. The minimum absolute atomic E-state index is 0.307. The van der Waals surface area contributed by atoms with Gasteiger partial charge < -0.3 is 14.5 Å². The Morgan fingerprint density at radius 2 is 2.16 bits per heavy atom. The Kier molecular flexibility index (Phi) is 4.41. The van der Waals surface area contributed by atoms with Crippen molar-refractivity contribution in [2.45, 2.75) is 32.8 Å². The highest BCUT2D eigenvalue weighted by molar-refractivity contribution is 5.83. The summed E-state index contributed by atoms with van der Waals surface area (Å²) in [7, 11) is 0. The van der Waals surface area contributed by atoms with Crippen LogP contribution in [0.1, 0.15) is 32.9 Å². The Bertz CT molecular complexity index is 890. The number of pyridine rings is 2. The van der Waals surface area contributed by atoms with E-state index in [1.54, 1.807) is 17.2 Å². The number of fused-ring (bicyclic) bond motifs is 1. The van der Waals surface area contributed by atoms with Crippen molar-refractivity contribution in [3.8, 4) is 0 Å². The molecule has 0 saturated carbocycles. The number of carbonyl (C=O) groups excluding carboxylic acids is 1. The summed E-state index contributed by atoms with van der Waals surface area (Å²) in [5, 5.41) is 0.886. The molecule has 0 atom stereocenters. The molecule has 6 heteroatoms. The average Bonchev–Trinajstić information content (AvgIpc) is 2.59. The first-order valence-electron chi connectivity index (χ1n) is 8.17. The van der Waals surface area contributed by atoms with Crippen molar-refractivity contribution in [1.29, 1.82) is 0 Å². The molecule has 2 aromatic rings. The molecule has 0 aliphatic carbocycles. The van der Waals surface area contributed by atoms with Crippen LogP contribution in [0.3, 0.4) is 0 Å². The fourth-order valence-corrected chi connectivity index (χ4v) is 2.66. The quantitative estimate of drug-likeness (QED) is 0.732. The molecule has 1 amide bonds. The van der Waals surface area contributed by atoms with Crippen molar-refractivity contribution < 1.29 is 9.53 Å². The lowest BCUT2D eigenvalue weighted by Crippen LogP contribution is -2.39. The number of ether oxygens (including phenoxy) is 1. The van der Waals surface area contributed by atoms with Crippen LogP contribution in [0.2, 0.25) is 0 Å². The van der Waals surface area contributed by atoms with E-state index in [4.69, 9.17) is 11.3 Å². The van der Waals surface area contributed by atoms with Crippen molar-refractivity contribution in [3.63, 3.8) is 0 Å². The summed E-state index contributed by atoms with van der Waals surface area (Å²) in [4.78, 5) is 26.1. The average molecular weight is 336 g/mol. The highest BCUT2D eigenvalue weighted by Crippen LogP contribution is 2.24. The minimum atomic E-state index is -0.511. The lowest BCUT2D eigenvalue weighted by atomic mass is 10.1. The van der Waals surface area contributed by atoms with E-state index in [0.29, 0.717) is 18.9 Å². The van der Waals surface area contributed by atoms with Crippen LogP contribution in [0, 0.1) is 6.57 Å². The fourth-order valence-electron chi connectivity index (χ4n) is 2.66. The molecule has 3 rings (SSSR count). The largest absolute Gasteiger partial charge is 0.444 e. The molecule has 25 heavy (non-hydrogen) atoms. The Hall–Kier alpha value is -2.94. The van der Waals surface area contributed by atoms with E-state index in [-0.39, 0.29) is 6.09 Å². The maximum atomic E-state index is 12.3. The molecule has 6 nitrogen and oxygen atoms in total. The minimum Gasteiger partial charge on any atom is -0.444 e. The number of carbonyl (C=O) groups is 1. The third kappa shape index (κ3) is 3.94. The predicted molar refractivity (Wildman–Crippen MR) is 96.2 cm³/mol. The molecule has 1 aliphatic rings. The van der Waals surface area contributed by atoms with E-state index in [1.165, 1.54) is 0 Å². The molecular weight excluding hydrogens is 316 g/mol. The molecule has 0 radical (unpaired) electrons. The maximum Gasteiger partial charge on any atom is 0.410 e. The van der Waals surface area contributed by atoms with Gasteiger partial charge in [0, 0.05) is 11.9 Å². The molecule has 0 saturated heterocycles. The Morgan fingerprint density at radius 1 is 1.36 bits per heavy atom. The molecule has 0 spiro atoms. The molecule has 128 valence electrons. The molecule has 1 aliphatic heterocycles. The van der Waals surface area contributed by atoms with E-state index in [1.807, 2.05) is 32.9 Å². The van der Waals surface area contributed by atoms with Gasteiger partial charge in [0.2, 0.25) is 0 Å². The van der Waals surface area contributed by atoms with Gasteiger partial charge in [0.15, 0.2) is 0 Å². The first kappa shape index (κ1) is 16.9. The number of hydrogen-bond acceptors (Lipinski definition) is 4. The van der Waals surface area contributed by atoms with Crippen molar-refractivity contribution in [2.24, 2.45) is 0 Å². The second kappa shape index (κ2) is 6.52. The molecule has 0 unspecified atom stereocenters. The van der Waals surface area contributed by atoms with E-state index in [2.05, 4.69) is 20.9 Å². The van der Waals surface area contributed by atoms with E-state index in [0.717, 1.165) is 28.6 Å². The van der Waals surface area contributed by atoms with Crippen LogP contribution in [0.4, 0.5) is 10.6 Å². The highest BCUT2D eigenvalue weighted by atomic mass is 16.6. The smallest absolute Gasteiger partial charge is 0.410 e. The zero-order chi connectivity index (χ0) is 18.0. The van der Waals surface area contributed by atoms with Crippen LogP contribution >= 0.6 is 0 Å². The number of nitrogens with zero attached hydrogens (tertiary/aromatic N) is 4. The zero-order valence-corrected chi connectivity index (χ0v) is 14.6. The van der Waals surface area contributed by atoms with Gasteiger partial charge >= 0.3 is 6.09 Å². The lowest BCUT2D eigenvalue weighted by Gasteiger charge is -2.30. The second-order valence-electron chi connectivity index (χ2n) is 6.96. The van der Waals surface area contributed by atoms with E-state index < -0.39 is 5.60 Å². The summed E-state index contributed by atoms with van der Waals surface area (Å²) in [6.45, 7) is 13.8. The van der Waals surface area contributed by atoms with Gasteiger partial charge in [-0.1, -0.05) is 12.6 Å². The molecule has 2 aromatic heterocycles. The first-order chi connectivity index (χ1) is 11.9. The van der Waals surface area contributed by atoms with Crippen LogP contribution < -0.4 is 0 Å². The summed E-state index contributed by atoms with van der Waals surface area (Å²) in [5.74, 6) is 0.324. The number of hydrogen-bond donors (Lipinski definition) is 0. The number of rotatable bonds is 1. The summed E-state index contributed by atoms with van der Waals surface area (Å²) < 4.78 is 5.46. The molecular formula is C19H20N4O2. The third-order valence-electron chi connectivity index (χ3n) is 3.81. The number of aromatic nitrogens is 2. The van der Waals surface area contributed by atoms with E-state index >= 15 is 0 Å². The second-order valence-corrected chi connectivity index (χ2v) is 6.96. The van der Waals surface area contributed by atoms with Crippen LogP contribution in [0.25, 0.3) is 21.3 Å². The third-order valence-corrected chi connectivity index (χ3v) is 3.81. The first-order valence-corrected chi connectivity index (χ1v) is 8.17. The van der Waals surface area contributed by atoms with Crippen LogP contribution in [-0.4, -0.2) is 39.7 Å². The predicted octanol–water partition coefficient (Wildman–Crippen LogP) is 4.20.